The number of hydrogen-bond acceptors (Lipinski definition) is 2. The number of aromatic nitrogens is 4. The number of halogens is 1. The van der Waals surface area contributed by atoms with E-state index in [-0.39, 0.29) is 0 Å². The molecular formula is C13H13ClN4S. The SMILES string of the molecule is Cn1ccnc1CCn1c(=S)[nH]c2c(Cl)cccc21. The van der Waals surface area contributed by atoms with Gasteiger partial charge in [-0.3, -0.25) is 0 Å². The van der Waals surface area contributed by atoms with Gasteiger partial charge in [-0.1, -0.05) is 17.7 Å². The predicted molar refractivity (Wildman–Crippen MR) is 79.0 cm³/mol. The lowest BCUT2D eigenvalue weighted by Gasteiger charge is -2.05. The number of imidazole rings is 2. The van der Waals surface area contributed by atoms with Gasteiger partial charge in [0.1, 0.15) is 5.82 Å². The third-order valence-electron chi connectivity index (χ3n) is 3.24. The van der Waals surface area contributed by atoms with Gasteiger partial charge in [0.25, 0.3) is 0 Å². The molecule has 0 atom stereocenters. The maximum absolute atomic E-state index is 6.16. The van der Waals surface area contributed by atoms with E-state index in [0.717, 1.165) is 29.8 Å². The maximum Gasteiger partial charge on any atom is 0.178 e. The highest BCUT2D eigenvalue weighted by atomic mass is 35.5. The molecule has 19 heavy (non-hydrogen) atoms. The highest BCUT2D eigenvalue weighted by Gasteiger charge is 2.08. The second-order valence-electron chi connectivity index (χ2n) is 4.42. The summed E-state index contributed by atoms with van der Waals surface area (Å²) in [6.45, 7) is 0.782. The predicted octanol–water partition coefficient (Wildman–Crippen LogP) is 3.33. The van der Waals surface area contributed by atoms with Crippen molar-refractivity contribution in [1.82, 2.24) is 19.1 Å². The van der Waals surface area contributed by atoms with Gasteiger partial charge in [0.2, 0.25) is 0 Å². The molecule has 2 aromatic heterocycles. The number of nitrogens with one attached hydrogen (secondary N) is 1. The molecule has 3 rings (SSSR count). The zero-order chi connectivity index (χ0) is 13.4. The van der Waals surface area contributed by atoms with Crippen molar-refractivity contribution in [2.45, 2.75) is 13.0 Å². The fourth-order valence-corrected chi connectivity index (χ4v) is 2.72. The Hall–Kier alpha value is -1.59. The van der Waals surface area contributed by atoms with Crippen LogP contribution in [0, 0.1) is 4.77 Å². The van der Waals surface area contributed by atoms with Crippen molar-refractivity contribution >= 4 is 34.9 Å². The Bertz CT molecular complexity index is 783. The first-order valence-electron chi connectivity index (χ1n) is 6.00. The largest absolute Gasteiger partial charge is 0.338 e. The van der Waals surface area contributed by atoms with E-state index in [1.165, 1.54) is 0 Å². The van der Waals surface area contributed by atoms with Gasteiger partial charge < -0.3 is 14.1 Å². The smallest absolute Gasteiger partial charge is 0.178 e. The van der Waals surface area contributed by atoms with Crippen LogP contribution in [0.5, 0.6) is 0 Å². The van der Waals surface area contributed by atoms with Crippen molar-refractivity contribution in [3.63, 3.8) is 0 Å². The molecule has 2 heterocycles. The van der Waals surface area contributed by atoms with Gasteiger partial charge in [0.05, 0.1) is 16.1 Å². The summed E-state index contributed by atoms with van der Waals surface area (Å²) in [6.07, 6.45) is 4.58. The van der Waals surface area contributed by atoms with Gasteiger partial charge in [-0.05, 0) is 24.4 Å². The number of nitrogens with zero attached hydrogens (tertiary/aromatic N) is 3. The molecule has 1 N–H and O–H groups in total. The van der Waals surface area contributed by atoms with E-state index < -0.39 is 0 Å². The molecule has 1 aromatic carbocycles. The molecule has 0 bridgehead atoms. The van der Waals surface area contributed by atoms with Crippen molar-refractivity contribution in [3.05, 3.63) is 46.2 Å². The fourth-order valence-electron chi connectivity index (χ4n) is 2.22. The van der Waals surface area contributed by atoms with Crippen molar-refractivity contribution < 1.29 is 0 Å². The Kier molecular flexibility index (Phi) is 3.16. The van der Waals surface area contributed by atoms with E-state index in [0.29, 0.717) is 9.79 Å². The van der Waals surface area contributed by atoms with Crippen LogP contribution in [0.4, 0.5) is 0 Å². The van der Waals surface area contributed by atoms with E-state index in [1.807, 2.05) is 36.0 Å². The standard InChI is InChI=1S/C13H13ClN4S/c1-17-8-6-15-11(17)5-7-18-10-4-2-3-9(14)12(10)16-13(18)19/h2-4,6,8H,5,7H2,1H3,(H,16,19). The number of para-hydroxylation sites is 1. The minimum Gasteiger partial charge on any atom is -0.338 e. The van der Waals surface area contributed by atoms with Crippen LogP contribution in [0.15, 0.2) is 30.6 Å². The Labute approximate surface area is 120 Å². The summed E-state index contributed by atoms with van der Waals surface area (Å²) in [5.74, 6) is 1.04. The summed E-state index contributed by atoms with van der Waals surface area (Å²) < 4.78 is 4.77. The number of H-pyrrole nitrogens is 1. The molecule has 3 aromatic rings. The van der Waals surface area contributed by atoms with Crippen LogP contribution in [0.2, 0.25) is 5.02 Å². The minimum absolute atomic E-state index is 0.692. The first kappa shape index (κ1) is 12.4. The molecule has 0 radical (unpaired) electrons. The normalized spacial score (nSPS) is 11.3. The molecule has 0 fully saturated rings. The molecule has 0 amide bonds. The Morgan fingerprint density at radius 2 is 2.26 bits per heavy atom. The number of benzene rings is 1. The van der Waals surface area contributed by atoms with Crippen LogP contribution in [0.1, 0.15) is 5.82 Å². The van der Waals surface area contributed by atoms with Crippen molar-refractivity contribution in [3.8, 4) is 0 Å². The topological polar surface area (TPSA) is 38.5 Å². The lowest BCUT2D eigenvalue weighted by atomic mass is 10.3. The number of aromatic amines is 1. The number of hydrogen-bond donors (Lipinski definition) is 1. The molecule has 6 heteroatoms. The summed E-state index contributed by atoms with van der Waals surface area (Å²) in [4.78, 5) is 7.48. The molecule has 0 saturated heterocycles. The van der Waals surface area contributed by atoms with Crippen LogP contribution < -0.4 is 0 Å². The molecular weight excluding hydrogens is 280 g/mol. The van der Waals surface area contributed by atoms with Crippen molar-refractivity contribution in [1.29, 1.82) is 0 Å². The van der Waals surface area contributed by atoms with Crippen LogP contribution in [0.25, 0.3) is 11.0 Å². The Balaban J connectivity index is 1.97. The summed E-state index contributed by atoms with van der Waals surface area (Å²) in [7, 11) is 1.99. The fraction of sp³-hybridized carbons (Fsp3) is 0.231. The molecule has 0 unspecified atom stereocenters. The quantitative estimate of drug-likeness (QED) is 0.752. The minimum atomic E-state index is 0.692. The number of aryl methyl sites for hydroxylation is 3. The van der Waals surface area contributed by atoms with Crippen molar-refractivity contribution in [2.24, 2.45) is 7.05 Å². The van der Waals surface area contributed by atoms with Gasteiger partial charge in [0.15, 0.2) is 4.77 Å². The zero-order valence-corrected chi connectivity index (χ0v) is 12.0. The van der Waals surface area contributed by atoms with Crippen molar-refractivity contribution in [2.75, 3.05) is 0 Å². The summed E-state index contributed by atoms with van der Waals surface area (Å²) in [5, 5.41) is 0.694. The average Bonchev–Trinajstić information content (AvgIpc) is 2.92. The van der Waals surface area contributed by atoms with Crippen LogP contribution >= 0.6 is 23.8 Å². The number of rotatable bonds is 3. The van der Waals surface area contributed by atoms with Gasteiger partial charge >= 0.3 is 0 Å². The first-order valence-corrected chi connectivity index (χ1v) is 6.78. The second-order valence-corrected chi connectivity index (χ2v) is 5.21. The highest BCUT2D eigenvalue weighted by Crippen LogP contribution is 2.22. The van der Waals surface area contributed by atoms with Crippen LogP contribution in [-0.4, -0.2) is 19.1 Å². The molecule has 0 aliphatic carbocycles. The third-order valence-corrected chi connectivity index (χ3v) is 3.88. The molecule has 4 nitrogen and oxygen atoms in total. The zero-order valence-electron chi connectivity index (χ0n) is 10.4. The molecule has 0 aliphatic rings. The lowest BCUT2D eigenvalue weighted by Crippen LogP contribution is -2.05. The molecule has 0 spiro atoms. The molecule has 0 aliphatic heterocycles. The van der Waals surface area contributed by atoms with Crippen LogP contribution in [0.3, 0.4) is 0 Å². The summed E-state index contributed by atoms with van der Waals surface area (Å²) >= 11 is 11.5. The second kappa shape index (κ2) is 4.83. The van der Waals surface area contributed by atoms with E-state index in [4.69, 9.17) is 23.8 Å². The highest BCUT2D eigenvalue weighted by molar-refractivity contribution is 7.71. The number of fused-ring (bicyclic) bond motifs is 1. The van der Waals surface area contributed by atoms with E-state index in [2.05, 4.69) is 14.5 Å². The lowest BCUT2D eigenvalue weighted by molar-refractivity contribution is 0.657. The van der Waals surface area contributed by atoms with E-state index >= 15 is 0 Å². The molecule has 98 valence electrons. The first-order chi connectivity index (χ1) is 9.16. The maximum atomic E-state index is 6.16. The van der Waals surface area contributed by atoms with E-state index in [9.17, 15) is 0 Å². The Morgan fingerprint density at radius 1 is 1.42 bits per heavy atom. The van der Waals surface area contributed by atoms with Crippen LogP contribution in [-0.2, 0) is 20.0 Å². The monoisotopic (exact) mass is 292 g/mol. The Morgan fingerprint density at radius 3 is 3.00 bits per heavy atom. The van der Waals surface area contributed by atoms with Gasteiger partial charge in [-0.25, -0.2) is 4.98 Å². The third kappa shape index (κ3) is 2.19. The van der Waals surface area contributed by atoms with Gasteiger partial charge in [-0.2, -0.15) is 0 Å². The average molecular weight is 293 g/mol. The summed E-state index contributed by atoms with van der Waals surface area (Å²) in [5.41, 5.74) is 1.93. The van der Waals surface area contributed by atoms with E-state index in [1.54, 1.807) is 6.20 Å². The van der Waals surface area contributed by atoms with Gasteiger partial charge in [-0.15, -0.1) is 0 Å². The summed E-state index contributed by atoms with van der Waals surface area (Å²) in [6, 6.07) is 5.81. The molecule has 0 saturated carbocycles. The van der Waals surface area contributed by atoms with Gasteiger partial charge in [0, 0.05) is 32.4 Å².